The standard InChI is InChI=1S/C16H13N3O4/c1-10-2-7-15-13(8-10)14(18-23-15)9-16(20)17-11-3-5-12(6-4-11)19(21)22/h2-8H,9H2,1H3,(H,17,20). The molecule has 0 aliphatic carbocycles. The number of non-ortho nitro benzene ring substituents is 1. The minimum absolute atomic E-state index is 0.0269. The third kappa shape index (κ3) is 3.18. The number of fused-ring (bicyclic) bond motifs is 1. The van der Waals surface area contributed by atoms with Crippen molar-refractivity contribution < 1.29 is 14.2 Å². The van der Waals surface area contributed by atoms with Crippen LogP contribution in [-0.4, -0.2) is 16.0 Å². The molecule has 0 saturated carbocycles. The van der Waals surface area contributed by atoms with Crippen LogP contribution in [-0.2, 0) is 11.2 Å². The molecule has 0 fully saturated rings. The number of amides is 1. The van der Waals surface area contributed by atoms with Gasteiger partial charge in [0.15, 0.2) is 5.58 Å². The summed E-state index contributed by atoms with van der Waals surface area (Å²) in [6, 6.07) is 11.3. The van der Waals surface area contributed by atoms with Crippen molar-refractivity contribution in [1.29, 1.82) is 0 Å². The van der Waals surface area contributed by atoms with E-state index in [1.54, 1.807) is 0 Å². The van der Waals surface area contributed by atoms with Crippen LogP contribution < -0.4 is 5.32 Å². The predicted molar refractivity (Wildman–Crippen MR) is 84.2 cm³/mol. The molecule has 0 bridgehead atoms. The summed E-state index contributed by atoms with van der Waals surface area (Å²) in [7, 11) is 0. The number of aryl methyl sites for hydroxylation is 1. The monoisotopic (exact) mass is 311 g/mol. The van der Waals surface area contributed by atoms with E-state index in [2.05, 4.69) is 10.5 Å². The van der Waals surface area contributed by atoms with E-state index in [4.69, 9.17) is 4.52 Å². The zero-order chi connectivity index (χ0) is 16.4. The van der Waals surface area contributed by atoms with E-state index in [1.165, 1.54) is 24.3 Å². The van der Waals surface area contributed by atoms with Crippen LogP contribution in [0.15, 0.2) is 47.0 Å². The minimum Gasteiger partial charge on any atom is -0.356 e. The molecular formula is C16H13N3O4. The Kier molecular flexibility index (Phi) is 3.76. The third-order valence-electron chi connectivity index (χ3n) is 3.39. The minimum atomic E-state index is -0.491. The first-order valence-corrected chi connectivity index (χ1v) is 6.92. The van der Waals surface area contributed by atoms with Crippen LogP contribution in [0.5, 0.6) is 0 Å². The molecule has 3 aromatic rings. The highest BCUT2D eigenvalue weighted by atomic mass is 16.6. The molecule has 7 heteroatoms. The molecule has 1 heterocycles. The molecular weight excluding hydrogens is 298 g/mol. The van der Waals surface area contributed by atoms with Crippen LogP contribution in [0.4, 0.5) is 11.4 Å². The number of hydrogen-bond donors (Lipinski definition) is 1. The van der Waals surface area contributed by atoms with Gasteiger partial charge in [-0.15, -0.1) is 0 Å². The quantitative estimate of drug-likeness (QED) is 0.589. The summed E-state index contributed by atoms with van der Waals surface area (Å²) in [5.74, 6) is -0.268. The molecule has 0 radical (unpaired) electrons. The molecule has 7 nitrogen and oxygen atoms in total. The molecule has 1 N–H and O–H groups in total. The second-order valence-electron chi connectivity index (χ2n) is 5.16. The maximum Gasteiger partial charge on any atom is 0.269 e. The number of carbonyl (C=O) groups is 1. The molecule has 116 valence electrons. The lowest BCUT2D eigenvalue weighted by Crippen LogP contribution is -2.14. The van der Waals surface area contributed by atoms with Crippen LogP contribution >= 0.6 is 0 Å². The van der Waals surface area contributed by atoms with Crippen molar-refractivity contribution in [2.75, 3.05) is 5.32 Å². The van der Waals surface area contributed by atoms with E-state index < -0.39 is 4.92 Å². The van der Waals surface area contributed by atoms with Crippen LogP contribution in [0.2, 0.25) is 0 Å². The summed E-state index contributed by atoms with van der Waals surface area (Å²) in [4.78, 5) is 22.2. The largest absolute Gasteiger partial charge is 0.356 e. The lowest BCUT2D eigenvalue weighted by atomic mass is 10.1. The Labute approximate surface area is 131 Å². The Morgan fingerprint density at radius 1 is 1.26 bits per heavy atom. The van der Waals surface area contributed by atoms with Crippen LogP contribution in [0.1, 0.15) is 11.3 Å². The van der Waals surface area contributed by atoms with Gasteiger partial charge >= 0.3 is 0 Å². The molecule has 1 aromatic heterocycles. The second kappa shape index (κ2) is 5.88. The Balaban J connectivity index is 1.73. The first-order chi connectivity index (χ1) is 11.0. The third-order valence-corrected chi connectivity index (χ3v) is 3.39. The fourth-order valence-corrected chi connectivity index (χ4v) is 2.25. The van der Waals surface area contributed by atoms with Crippen molar-refractivity contribution in [3.05, 3.63) is 63.8 Å². The summed E-state index contributed by atoms with van der Waals surface area (Å²) in [6.45, 7) is 1.95. The zero-order valence-electron chi connectivity index (χ0n) is 12.3. The highest BCUT2D eigenvalue weighted by molar-refractivity contribution is 5.94. The van der Waals surface area contributed by atoms with Crippen LogP contribution in [0.3, 0.4) is 0 Å². The first-order valence-electron chi connectivity index (χ1n) is 6.92. The summed E-state index contributed by atoms with van der Waals surface area (Å²) >= 11 is 0. The molecule has 0 aliphatic heterocycles. The smallest absolute Gasteiger partial charge is 0.269 e. The Morgan fingerprint density at radius 2 is 2.00 bits per heavy atom. The maximum absolute atomic E-state index is 12.1. The molecule has 0 spiro atoms. The van der Waals surface area contributed by atoms with Gasteiger partial charge in [0, 0.05) is 23.2 Å². The molecule has 3 rings (SSSR count). The number of benzene rings is 2. The van der Waals surface area contributed by atoms with Crippen molar-refractivity contribution in [3.8, 4) is 0 Å². The normalized spacial score (nSPS) is 10.7. The number of nitro groups is 1. The van der Waals surface area contributed by atoms with Crippen LogP contribution in [0, 0.1) is 17.0 Å². The van der Waals surface area contributed by atoms with E-state index >= 15 is 0 Å². The fraction of sp³-hybridized carbons (Fsp3) is 0.125. The predicted octanol–water partition coefficient (Wildman–Crippen LogP) is 3.23. The van der Waals surface area contributed by atoms with Gasteiger partial charge in [0.25, 0.3) is 5.69 Å². The lowest BCUT2D eigenvalue weighted by molar-refractivity contribution is -0.384. The average molecular weight is 311 g/mol. The first kappa shape index (κ1) is 14.7. The molecule has 0 aliphatic rings. The lowest BCUT2D eigenvalue weighted by Gasteiger charge is -2.03. The number of rotatable bonds is 4. The molecule has 1 amide bonds. The number of carbonyl (C=O) groups excluding carboxylic acids is 1. The van der Waals surface area contributed by atoms with Gasteiger partial charge in [-0.1, -0.05) is 16.8 Å². The summed E-state index contributed by atoms with van der Waals surface area (Å²) < 4.78 is 5.19. The Bertz CT molecular complexity index is 884. The summed E-state index contributed by atoms with van der Waals surface area (Å²) in [6.07, 6.45) is 0.0629. The van der Waals surface area contributed by atoms with E-state index in [-0.39, 0.29) is 18.0 Å². The van der Waals surface area contributed by atoms with Crippen LogP contribution in [0.25, 0.3) is 11.0 Å². The van der Waals surface area contributed by atoms with Crippen molar-refractivity contribution in [1.82, 2.24) is 5.16 Å². The van der Waals surface area contributed by atoms with Gasteiger partial charge < -0.3 is 9.84 Å². The van der Waals surface area contributed by atoms with E-state index in [0.29, 0.717) is 17.0 Å². The maximum atomic E-state index is 12.1. The van der Waals surface area contributed by atoms with Gasteiger partial charge in [-0.25, -0.2) is 0 Å². The Hall–Kier alpha value is -3.22. The van der Waals surface area contributed by atoms with Gasteiger partial charge in [0.2, 0.25) is 5.91 Å². The molecule has 0 unspecified atom stereocenters. The second-order valence-corrected chi connectivity index (χ2v) is 5.16. The number of hydrogen-bond acceptors (Lipinski definition) is 5. The number of nitro benzene ring substituents is 1. The number of nitrogens with zero attached hydrogens (tertiary/aromatic N) is 2. The van der Waals surface area contributed by atoms with Gasteiger partial charge in [0.05, 0.1) is 11.3 Å². The average Bonchev–Trinajstić information content (AvgIpc) is 2.90. The number of nitrogens with one attached hydrogen (secondary N) is 1. The van der Waals surface area contributed by atoms with Gasteiger partial charge in [-0.05, 0) is 31.2 Å². The fourth-order valence-electron chi connectivity index (χ4n) is 2.25. The highest BCUT2D eigenvalue weighted by Gasteiger charge is 2.13. The van der Waals surface area contributed by atoms with Gasteiger partial charge in [0.1, 0.15) is 5.69 Å². The summed E-state index contributed by atoms with van der Waals surface area (Å²) in [5, 5.41) is 18.0. The molecule has 2 aromatic carbocycles. The number of aromatic nitrogens is 1. The van der Waals surface area contributed by atoms with E-state index in [1.807, 2.05) is 25.1 Å². The van der Waals surface area contributed by atoms with Crippen molar-refractivity contribution in [2.24, 2.45) is 0 Å². The van der Waals surface area contributed by atoms with Gasteiger partial charge in [-0.3, -0.25) is 14.9 Å². The molecule has 0 saturated heterocycles. The topological polar surface area (TPSA) is 98.3 Å². The zero-order valence-corrected chi connectivity index (χ0v) is 12.3. The van der Waals surface area contributed by atoms with Crippen molar-refractivity contribution in [2.45, 2.75) is 13.3 Å². The van der Waals surface area contributed by atoms with Crippen molar-refractivity contribution >= 4 is 28.3 Å². The summed E-state index contributed by atoms with van der Waals surface area (Å²) in [5.41, 5.74) is 2.71. The Morgan fingerprint density at radius 3 is 2.70 bits per heavy atom. The van der Waals surface area contributed by atoms with Gasteiger partial charge in [-0.2, -0.15) is 0 Å². The van der Waals surface area contributed by atoms with E-state index in [0.717, 1.165) is 10.9 Å². The number of anilines is 1. The highest BCUT2D eigenvalue weighted by Crippen LogP contribution is 2.21. The van der Waals surface area contributed by atoms with E-state index in [9.17, 15) is 14.9 Å². The molecule has 0 atom stereocenters. The SMILES string of the molecule is Cc1ccc2onc(CC(=O)Nc3ccc([N+](=O)[O-])cc3)c2c1. The van der Waals surface area contributed by atoms with Crippen molar-refractivity contribution in [3.63, 3.8) is 0 Å². The molecule has 23 heavy (non-hydrogen) atoms.